The van der Waals surface area contributed by atoms with Gasteiger partial charge in [0.05, 0.1) is 18.8 Å². The Hall–Kier alpha value is -0.690. The van der Waals surface area contributed by atoms with Crippen molar-refractivity contribution < 1.29 is 25.2 Å². The van der Waals surface area contributed by atoms with E-state index in [1.54, 1.807) is 6.92 Å². The third kappa shape index (κ3) is 3.75. The minimum atomic E-state index is -1.91. The molecule has 5 N–H and O–H groups in total. The molecule has 0 saturated heterocycles. The van der Waals surface area contributed by atoms with E-state index in [9.17, 15) is 9.90 Å². The van der Waals surface area contributed by atoms with Gasteiger partial charge in [-0.1, -0.05) is 6.92 Å². The van der Waals surface area contributed by atoms with Crippen LogP contribution in [0, 0.1) is 0 Å². The highest BCUT2D eigenvalue weighted by Gasteiger charge is 2.34. The van der Waals surface area contributed by atoms with Crippen LogP contribution < -0.4 is 5.32 Å². The lowest BCUT2D eigenvalue weighted by Gasteiger charge is -2.32. The number of β-amino-alcohol motifs (C(OH)–C–C–N with tert-alkyl or cyclic N) is 1. The smallest absolute Gasteiger partial charge is 0.336 e. The second kappa shape index (κ2) is 5.41. The van der Waals surface area contributed by atoms with E-state index >= 15 is 0 Å². The normalized spacial score (nSPS) is 16.1. The SMILES string of the molecule is CCC(CO)(CO)NCC(C)(O)C(=O)O. The number of aliphatic carboxylic acids is 1. The third-order valence-electron chi connectivity index (χ3n) is 2.55. The van der Waals surface area contributed by atoms with Crippen molar-refractivity contribution in [3.05, 3.63) is 0 Å². The quantitative estimate of drug-likeness (QED) is 0.359. The molecule has 1 atom stereocenters. The van der Waals surface area contributed by atoms with Gasteiger partial charge in [0.2, 0.25) is 0 Å². The van der Waals surface area contributed by atoms with Gasteiger partial charge in [-0.25, -0.2) is 4.79 Å². The van der Waals surface area contributed by atoms with Gasteiger partial charge in [-0.2, -0.15) is 0 Å². The monoisotopic (exact) mass is 221 g/mol. The predicted molar refractivity (Wildman–Crippen MR) is 53.5 cm³/mol. The summed E-state index contributed by atoms with van der Waals surface area (Å²) in [5.41, 5.74) is -2.86. The first-order chi connectivity index (χ1) is 6.83. The van der Waals surface area contributed by atoms with Crippen LogP contribution in [0.25, 0.3) is 0 Å². The first-order valence-corrected chi connectivity index (χ1v) is 4.76. The molecule has 0 spiro atoms. The van der Waals surface area contributed by atoms with Crippen molar-refractivity contribution in [1.29, 1.82) is 0 Å². The topological polar surface area (TPSA) is 110 Å². The van der Waals surface area contributed by atoms with Gasteiger partial charge in [0.1, 0.15) is 0 Å². The van der Waals surface area contributed by atoms with Gasteiger partial charge in [-0.05, 0) is 13.3 Å². The highest BCUT2D eigenvalue weighted by Crippen LogP contribution is 2.10. The number of rotatable bonds is 7. The second-order valence-electron chi connectivity index (χ2n) is 3.88. The third-order valence-corrected chi connectivity index (χ3v) is 2.55. The first-order valence-electron chi connectivity index (χ1n) is 4.76. The Morgan fingerprint density at radius 1 is 1.33 bits per heavy atom. The Morgan fingerprint density at radius 3 is 2.07 bits per heavy atom. The van der Waals surface area contributed by atoms with Crippen LogP contribution in [-0.4, -0.2) is 57.3 Å². The molecule has 0 aliphatic heterocycles. The van der Waals surface area contributed by atoms with Crippen molar-refractivity contribution in [1.82, 2.24) is 5.32 Å². The number of carbonyl (C=O) groups is 1. The molecule has 0 rings (SSSR count). The maximum absolute atomic E-state index is 10.6. The summed E-state index contributed by atoms with van der Waals surface area (Å²) in [5, 5.41) is 38.9. The molecule has 0 radical (unpaired) electrons. The van der Waals surface area contributed by atoms with Crippen molar-refractivity contribution in [2.75, 3.05) is 19.8 Å². The summed E-state index contributed by atoms with van der Waals surface area (Å²) in [7, 11) is 0. The Morgan fingerprint density at radius 2 is 1.80 bits per heavy atom. The van der Waals surface area contributed by atoms with Gasteiger partial charge in [0, 0.05) is 6.54 Å². The molecular formula is C9H19NO5. The standard InChI is InChI=1S/C9H19NO5/c1-3-9(5-11,6-12)10-4-8(2,15)7(13)14/h10-12,15H,3-6H2,1-2H3,(H,13,14). The number of carboxylic acids is 1. The molecule has 0 fully saturated rings. The lowest BCUT2D eigenvalue weighted by Crippen LogP contribution is -2.57. The van der Waals surface area contributed by atoms with Gasteiger partial charge in [0.15, 0.2) is 5.60 Å². The zero-order valence-electron chi connectivity index (χ0n) is 9.03. The Kier molecular flexibility index (Phi) is 5.16. The van der Waals surface area contributed by atoms with Crippen LogP contribution in [0.4, 0.5) is 0 Å². The van der Waals surface area contributed by atoms with Gasteiger partial charge < -0.3 is 25.7 Å². The Labute approximate surface area is 88.5 Å². The highest BCUT2D eigenvalue weighted by atomic mass is 16.4. The zero-order chi connectivity index (χ0) is 12.1. The predicted octanol–water partition coefficient (Wildman–Crippen LogP) is -1.45. The molecule has 0 aliphatic carbocycles. The van der Waals surface area contributed by atoms with Crippen LogP contribution in [0.15, 0.2) is 0 Å². The first kappa shape index (κ1) is 14.3. The zero-order valence-corrected chi connectivity index (χ0v) is 9.03. The van der Waals surface area contributed by atoms with E-state index in [1.165, 1.54) is 0 Å². The van der Waals surface area contributed by atoms with Crippen LogP contribution in [-0.2, 0) is 4.79 Å². The molecule has 15 heavy (non-hydrogen) atoms. The number of hydrogen-bond acceptors (Lipinski definition) is 5. The second-order valence-corrected chi connectivity index (χ2v) is 3.88. The lowest BCUT2D eigenvalue weighted by atomic mass is 9.96. The molecule has 1 unspecified atom stereocenters. The molecule has 90 valence electrons. The minimum absolute atomic E-state index is 0.239. The fraction of sp³-hybridized carbons (Fsp3) is 0.889. The molecule has 0 aliphatic rings. The van der Waals surface area contributed by atoms with Gasteiger partial charge in [0.25, 0.3) is 0 Å². The molecule has 0 heterocycles. The Bertz CT molecular complexity index is 204. The van der Waals surface area contributed by atoms with Crippen molar-refractivity contribution in [2.24, 2.45) is 0 Å². The summed E-state index contributed by atoms with van der Waals surface area (Å²) in [6.07, 6.45) is 0.426. The summed E-state index contributed by atoms with van der Waals surface area (Å²) < 4.78 is 0. The summed E-state index contributed by atoms with van der Waals surface area (Å²) in [6, 6.07) is 0. The molecule has 0 aromatic rings. The largest absolute Gasteiger partial charge is 0.479 e. The van der Waals surface area contributed by atoms with E-state index in [2.05, 4.69) is 5.32 Å². The van der Waals surface area contributed by atoms with E-state index < -0.39 is 17.1 Å². The van der Waals surface area contributed by atoms with E-state index in [4.69, 9.17) is 15.3 Å². The molecule has 6 heteroatoms. The van der Waals surface area contributed by atoms with Crippen LogP contribution in [0.5, 0.6) is 0 Å². The number of aliphatic hydroxyl groups is 3. The van der Waals surface area contributed by atoms with E-state index in [1.807, 2.05) is 0 Å². The number of nitrogens with one attached hydrogen (secondary N) is 1. The lowest BCUT2D eigenvalue weighted by molar-refractivity contribution is -0.156. The van der Waals surface area contributed by atoms with Gasteiger partial charge in [-0.3, -0.25) is 0 Å². The fourth-order valence-corrected chi connectivity index (χ4v) is 0.946. The van der Waals surface area contributed by atoms with E-state index in [0.717, 1.165) is 6.92 Å². The molecule has 0 amide bonds. The van der Waals surface area contributed by atoms with Crippen LogP contribution >= 0.6 is 0 Å². The molecule has 0 saturated carbocycles. The average Bonchev–Trinajstić information content (AvgIpc) is 2.20. The maximum atomic E-state index is 10.6. The Balaban J connectivity index is 4.40. The van der Waals surface area contributed by atoms with Crippen molar-refractivity contribution in [3.8, 4) is 0 Å². The van der Waals surface area contributed by atoms with Crippen LogP contribution in [0.2, 0.25) is 0 Å². The summed E-state index contributed by atoms with van der Waals surface area (Å²) >= 11 is 0. The van der Waals surface area contributed by atoms with Crippen molar-refractivity contribution in [2.45, 2.75) is 31.4 Å². The number of hydrogen-bond donors (Lipinski definition) is 5. The van der Waals surface area contributed by atoms with E-state index in [-0.39, 0.29) is 19.8 Å². The molecular weight excluding hydrogens is 202 g/mol. The fourth-order valence-electron chi connectivity index (χ4n) is 0.946. The highest BCUT2D eigenvalue weighted by molar-refractivity contribution is 5.76. The average molecular weight is 221 g/mol. The number of carboxylic acid groups (broad SMARTS) is 1. The molecule has 0 aromatic carbocycles. The maximum Gasteiger partial charge on any atom is 0.336 e. The molecule has 0 bridgehead atoms. The molecule has 0 aromatic heterocycles. The van der Waals surface area contributed by atoms with E-state index in [0.29, 0.717) is 6.42 Å². The summed E-state index contributed by atoms with van der Waals surface area (Å²) in [6.45, 7) is 2.01. The summed E-state index contributed by atoms with van der Waals surface area (Å²) in [5.74, 6) is -1.35. The van der Waals surface area contributed by atoms with Crippen LogP contribution in [0.1, 0.15) is 20.3 Å². The van der Waals surface area contributed by atoms with Gasteiger partial charge >= 0.3 is 5.97 Å². The molecule has 6 nitrogen and oxygen atoms in total. The van der Waals surface area contributed by atoms with Gasteiger partial charge in [-0.15, -0.1) is 0 Å². The van der Waals surface area contributed by atoms with Crippen molar-refractivity contribution >= 4 is 5.97 Å². The van der Waals surface area contributed by atoms with Crippen molar-refractivity contribution in [3.63, 3.8) is 0 Å². The number of aliphatic hydroxyl groups excluding tert-OH is 2. The summed E-state index contributed by atoms with van der Waals surface area (Å²) in [4.78, 5) is 10.6. The minimum Gasteiger partial charge on any atom is -0.479 e. The van der Waals surface area contributed by atoms with Crippen LogP contribution in [0.3, 0.4) is 0 Å².